The molecular weight excluding hydrogens is 246 g/mol. The standard InChI is InChI=1S/C17H31N3/c1-5-14(6-2)20-17(8-4)15(16(7-3)19-20)11-12-18-13-9-10-13/h13-14,18H,5-12H2,1-4H3. The van der Waals surface area contributed by atoms with E-state index in [9.17, 15) is 0 Å². The summed E-state index contributed by atoms with van der Waals surface area (Å²) in [5.41, 5.74) is 4.33. The Morgan fingerprint density at radius 2 is 1.85 bits per heavy atom. The molecule has 1 aliphatic rings. The Morgan fingerprint density at radius 3 is 2.35 bits per heavy atom. The summed E-state index contributed by atoms with van der Waals surface area (Å²) in [5.74, 6) is 0. The van der Waals surface area contributed by atoms with Gasteiger partial charge in [0.15, 0.2) is 0 Å². The van der Waals surface area contributed by atoms with Crippen molar-refractivity contribution in [3.63, 3.8) is 0 Å². The van der Waals surface area contributed by atoms with E-state index in [4.69, 9.17) is 5.10 Å². The molecule has 0 radical (unpaired) electrons. The number of nitrogens with one attached hydrogen (secondary N) is 1. The first-order valence-electron chi connectivity index (χ1n) is 8.57. The number of hydrogen-bond donors (Lipinski definition) is 1. The van der Waals surface area contributed by atoms with Gasteiger partial charge in [0, 0.05) is 11.7 Å². The van der Waals surface area contributed by atoms with Gasteiger partial charge in [-0.1, -0.05) is 27.7 Å². The van der Waals surface area contributed by atoms with Gasteiger partial charge in [-0.3, -0.25) is 4.68 Å². The fraction of sp³-hybridized carbons (Fsp3) is 0.824. The molecule has 0 unspecified atom stereocenters. The zero-order valence-corrected chi connectivity index (χ0v) is 13.7. The van der Waals surface area contributed by atoms with Crippen LogP contribution in [0.3, 0.4) is 0 Å². The van der Waals surface area contributed by atoms with Crippen LogP contribution in [0.5, 0.6) is 0 Å². The van der Waals surface area contributed by atoms with Gasteiger partial charge in [0.05, 0.1) is 11.7 Å². The average molecular weight is 277 g/mol. The highest BCUT2D eigenvalue weighted by molar-refractivity contribution is 5.28. The zero-order chi connectivity index (χ0) is 14.5. The van der Waals surface area contributed by atoms with Gasteiger partial charge in [-0.05, 0) is 57.1 Å². The highest BCUT2D eigenvalue weighted by Gasteiger charge is 2.22. The largest absolute Gasteiger partial charge is 0.314 e. The SMILES string of the molecule is CCc1nn(C(CC)CC)c(CC)c1CCNC1CC1. The smallest absolute Gasteiger partial charge is 0.0657 e. The summed E-state index contributed by atoms with van der Waals surface area (Å²) in [5, 5.41) is 8.58. The van der Waals surface area contributed by atoms with E-state index >= 15 is 0 Å². The van der Waals surface area contributed by atoms with Crippen LogP contribution in [0, 0.1) is 0 Å². The van der Waals surface area contributed by atoms with Crippen LogP contribution < -0.4 is 5.32 Å². The maximum atomic E-state index is 4.94. The molecule has 0 saturated heterocycles. The maximum Gasteiger partial charge on any atom is 0.0657 e. The summed E-state index contributed by atoms with van der Waals surface area (Å²) in [6.07, 6.45) is 8.38. The minimum Gasteiger partial charge on any atom is -0.314 e. The van der Waals surface area contributed by atoms with Crippen molar-refractivity contribution >= 4 is 0 Å². The van der Waals surface area contributed by atoms with E-state index in [1.54, 1.807) is 0 Å². The summed E-state index contributed by atoms with van der Waals surface area (Å²) in [6.45, 7) is 10.2. The molecule has 3 nitrogen and oxygen atoms in total. The normalized spacial score (nSPS) is 15.2. The molecule has 0 aliphatic heterocycles. The lowest BCUT2D eigenvalue weighted by atomic mass is 10.0. The van der Waals surface area contributed by atoms with Crippen LogP contribution in [0.15, 0.2) is 0 Å². The zero-order valence-electron chi connectivity index (χ0n) is 13.7. The Labute approximate surface area is 124 Å². The van der Waals surface area contributed by atoms with Gasteiger partial charge in [0.25, 0.3) is 0 Å². The van der Waals surface area contributed by atoms with Gasteiger partial charge in [-0.2, -0.15) is 5.10 Å². The maximum absolute atomic E-state index is 4.94. The van der Waals surface area contributed by atoms with E-state index in [2.05, 4.69) is 37.7 Å². The summed E-state index contributed by atoms with van der Waals surface area (Å²) in [6, 6.07) is 1.37. The fourth-order valence-corrected chi connectivity index (χ4v) is 3.13. The van der Waals surface area contributed by atoms with Crippen molar-refractivity contribution in [2.45, 2.75) is 84.7 Å². The summed E-state index contributed by atoms with van der Waals surface area (Å²) in [4.78, 5) is 0. The summed E-state index contributed by atoms with van der Waals surface area (Å²) >= 11 is 0. The second-order valence-corrected chi connectivity index (χ2v) is 5.97. The van der Waals surface area contributed by atoms with E-state index in [-0.39, 0.29) is 0 Å². The van der Waals surface area contributed by atoms with Crippen molar-refractivity contribution in [3.05, 3.63) is 17.0 Å². The van der Waals surface area contributed by atoms with Crippen molar-refractivity contribution in [2.24, 2.45) is 0 Å². The first kappa shape index (κ1) is 15.6. The number of aromatic nitrogens is 2. The third-order valence-corrected chi connectivity index (χ3v) is 4.55. The molecule has 0 amide bonds. The minimum atomic E-state index is 0.570. The van der Waals surface area contributed by atoms with E-state index in [1.165, 1.54) is 42.6 Å². The summed E-state index contributed by atoms with van der Waals surface area (Å²) in [7, 11) is 0. The van der Waals surface area contributed by atoms with E-state index in [0.717, 1.165) is 31.8 Å². The lowest BCUT2D eigenvalue weighted by Gasteiger charge is -2.17. The first-order valence-corrected chi connectivity index (χ1v) is 8.57. The van der Waals surface area contributed by atoms with Crippen molar-refractivity contribution in [2.75, 3.05) is 6.54 Å². The highest BCUT2D eigenvalue weighted by Crippen LogP contribution is 2.24. The highest BCUT2D eigenvalue weighted by atomic mass is 15.3. The van der Waals surface area contributed by atoms with Crippen LogP contribution in [0.1, 0.15) is 76.4 Å². The Hall–Kier alpha value is -0.830. The number of hydrogen-bond acceptors (Lipinski definition) is 2. The van der Waals surface area contributed by atoms with Crippen LogP contribution in [0.4, 0.5) is 0 Å². The molecule has 0 bridgehead atoms. The third kappa shape index (κ3) is 3.43. The molecule has 1 aromatic heterocycles. The molecule has 1 heterocycles. The van der Waals surface area contributed by atoms with E-state index in [1.807, 2.05) is 0 Å². The molecule has 1 fully saturated rings. The molecule has 1 N–H and O–H groups in total. The van der Waals surface area contributed by atoms with Crippen molar-refractivity contribution < 1.29 is 0 Å². The molecule has 114 valence electrons. The predicted octanol–water partition coefficient (Wildman–Crippen LogP) is 3.66. The second kappa shape index (κ2) is 7.26. The van der Waals surface area contributed by atoms with Crippen LogP contribution in [0.2, 0.25) is 0 Å². The molecule has 1 saturated carbocycles. The summed E-state index contributed by atoms with van der Waals surface area (Å²) < 4.78 is 2.34. The van der Waals surface area contributed by atoms with Gasteiger partial charge in [-0.15, -0.1) is 0 Å². The monoisotopic (exact) mass is 277 g/mol. The molecule has 2 rings (SSSR count). The third-order valence-electron chi connectivity index (χ3n) is 4.55. The second-order valence-electron chi connectivity index (χ2n) is 5.97. The Kier molecular flexibility index (Phi) is 5.64. The van der Waals surface area contributed by atoms with Crippen molar-refractivity contribution in [3.8, 4) is 0 Å². The van der Waals surface area contributed by atoms with Gasteiger partial charge in [-0.25, -0.2) is 0 Å². The molecule has 1 aromatic rings. The van der Waals surface area contributed by atoms with E-state index < -0.39 is 0 Å². The number of nitrogens with zero attached hydrogens (tertiary/aromatic N) is 2. The van der Waals surface area contributed by atoms with Crippen LogP contribution in [0.25, 0.3) is 0 Å². The lowest BCUT2D eigenvalue weighted by molar-refractivity contribution is 0.413. The van der Waals surface area contributed by atoms with Crippen molar-refractivity contribution in [1.29, 1.82) is 0 Å². The van der Waals surface area contributed by atoms with Gasteiger partial charge < -0.3 is 5.32 Å². The number of aryl methyl sites for hydroxylation is 1. The molecule has 0 atom stereocenters. The van der Waals surface area contributed by atoms with Crippen LogP contribution in [-0.4, -0.2) is 22.4 Å². The van der Waals surface area contributed by atoms with E-state index in [0.29, 0.717) is 6.04 Å². The van der Waals surface area contributed by atoms with Crippen molar-refractivity contribution in [1.82, 2.24) is 15.1 Å². The Morgan fingerprint density at radius 1 is 1.15 bits per heavy atom. The number of rotatable bonds is 9. The van der Waals surface area contributed by atoms with Gasteiger partial charge in [0.2, 0.25) is 0 Å². The molecule has 0 aromatic carbocycles. The lowest BCUT2D eigenvalue weighted by Crippen LogP contribution is -2.20. The molecule has 20 heavy (non-hydrogen) atoms. The first-order chi connectivity index (χ1) is 9.74. The van der Waals surface area contributed by atoms with Crippen LogP contribution in [-0.2, 0) is 19.3 Å². The van der Waals surface area contributed by atoms with Gasteiger partial charge in [0.1, 0.15) is 0 Å². The quantitative estimate of drug-likeness (QED) is 0.746. The topological polar surface area (TPSA) is 29.9 Å². The van der Waals surface area contributed by atoms with Gasteiger partial charge >= 0.3 is 0 Å². The molecule has 3 heteroatoms. The minimum absolute atomic E-state index is 0.570. The van der Waals surface area contributed by atoms with Crippen LogP contribution >= 0.6 is 0 Å². The fourth-order valence-electron chi connectivity index (χ4n) is 3.13. The Bertz CT molecular complexity index is 414. The molecule has 0 spiro atoms. The predicted molar refractivity (Wildman–Crippen MR) is 85.3 cm³/mol. The molecule has 1 aliphatic carbocycles. The molecular formula is C17H31N3. The average Bonchev–Trinajstić information content (AvgIpc) is 3.22. The Balaban J connectivity index is 2.17.